The van der Waals surface area contributed by atoms with Crippen molar-refractivity contribution >= 4 is 15.9 Å². The van der Waals surface area contributed by atoms with Gasteiger partial charge in [0.25, 0.3) is 11.8 Å². The minimum absolute atomic E-state index is 0.0404. The van der Waals surface area contributed by atoms with Crippen molar-refractivity contribution in [2.24, 2.45) is 0 Å². The van der Waals surface area contributed by atoms with Crippen LogP contribution in [0.3, 0.4) is 0 Å². The van der Waals surface area contributed by atoms with E-state index in [1.807, 2.05) is 4.72 Å². The van der Waals surface area contributed by atoms with Gasteiger partial charge in [-0.05, 0) is 62.9 Å². The number of sulfonamides is 1. The van der Waals surface area contributed by atoms with Crippen molar-refractivity contribution in [1.82, 2.24) is 9.62 Å². The van der Waals surface area contributed by atoms with Gasteiger partial charge in [0.1, 0.15) is 23.3 Å². The van der Waals surface area contributed by atoms with Gasteiger partial charge in [-0.15, -0.1) is 0 Å². The summed E-state index contributed by atoms with van der Waals surface area (Å²) in [5, 5.41) is 10.2. The molecule has 1 saturated heterocycles. The number of aryl methyl sites for hydroxylation is 1. The lowest BCUT2D eigenvalue weighted by molar-refractivity contribution is -0.149. The molecular formula is C24H28F4N2O4S. The van der Waals surface area contributed by atoms with E-state index in [1.165, 1.54) is 50.2 Å². The van der Waals surface area contributed by atoms with Crippen LogP contribution in [0.5, 0.6) is 0 Å². The molecule has 2 N–H and O–H groups in total. The summed E-state index contributed by atoms with van der Waals surface area (Å²) in [5.41, 5.74) is -1.30. The van der Waals surface area contributed by atoms with Crippen molar-refractivity contribution in [3.8, 4) is 11.1 Å². The van der Waals surface area contributed by atoms with Gasteiger partial charge < -0.3 is 10.0 Å². The van der Waals surface area contributed by atoms with Crippen molar-refractivity contribution in [3.05, 3.63) is 59.2 Å². The molecule has 0 unspecified atom stereocenters. The molecule has 1 fully saturated rings. The molecule has 6 nitrogen and oxygen atoms in total. The second kappa shape index (κ2) is 9.51. The number of nitrogens with zero attached hydrogens (tertiary/aromatic N) is 1. The first kappa shape index (κ1) is 27.1. The van der Waals surface area contributed by atoms with Crippen molar-refractivity contribution in [2.45, 2.75) is 57.7 Å². The van der Waals surface area contributed by atoms with Crippen molar-refractivity contribution in [1.29, 1.82) is 0 Å². The standard InChI is InChI=1S/C24H28F4N2O4S/c1-5-35(33,34)29-21-19(30(13-24(21,27)28)22(31)23(3,4)32)12-16-7-6-8-17(20(16)26)15-9-10-18(25)14(2)11-15/h6-11,19,21,29,32H,5,12-13H2,1-4H3/t19-,21+/m0/s1. The third-order valence-corrected chi connectivity index (χ3v) is 7.44. The number of amides is 1. The highest BCUT2D eigenvalue weighted by molar-refractivity contribution is 7.89. The van der Waals surface area contributed by atoms with Crippen LogP contribution in [0.15, 0.2) is 36.4 Å². The fraction of sp³-hybridized carbons (Fsp3) is 0.458. The van der Waals surface area contributed by atoms with Crippen molar-refractivity contribution in [3.63, 3.8) is 0 Å². The number of alkyl halides is 2. The van der Waals surface area contributed by atoms with Gasteiger partial charge in [-0.2, -0.15) is 0 Å². The number of halogens is 4. The minimum atomic E-state index is -4.11. The maximum Gasteiger partial charge on any atom is 0.283 e. The highest BCUT2D eigenvalue weighted by atomic mass is 32.2. The molecule has 0 bridgehead atoms. The molecule has 35 heavy (non-hydrogen) atoms. The average molecular weight is 517 g/mol. The predicted molar refractivity (Wildman–Crippen MR) is 123 cm³/mol. The van der Waals surface area contributed by atoms with E-state index in [4.69, 9.17) is 0 Å². The number of hydrogen-bond donors (Lipinski definition) is 2. The summed E-state index contributed by atoms with van der Waals surface area (Å²) in [6.45, 7) is 3.91. The quantitative estimate of drug-likeness (QED) is 0.553. The topological polar surface area (TPSA) is 86.7 Å². The summed E-state index contributed by atoms with van der Waals surface area (Å²) in [5.74, 6) is -6.41. The molecule has 1 aliphatic rings. The van der Waals surface area contributed by atoms with E-state index in [0.29, 0.717) is 16.0 Å². The predicted octanol–water partition coefficient (Wildman–Crippen LogP) is 3.41. The summed E-state index contributed by atoms with van der Waals surface area (Å²) in [4.78, 5) is 13.5. The van der Waals surface area contributed by atoms with Crippen LogP contribution in [0.1, 0.15) is 31.9 Å². The number of aliphatic hydroxyl groups is 1. The Morgan fingerprint density at radius 2 is 1.89 bits per heavy atom. The number of rotatable bonds is 7. The van der Waals surface area contributed by atoms with Gasteiger partial charge in [0.15, 0.2) is 0 Å². The van der Waals surface area contributed by atoms with E-state index in [1.54, 1.807) is 0 Å². The van der Waals surface area contributed by atoms with Crippen molar-refractivity contribution in [2.75, 3.05) is 12.3 Å². The van der Waals surface area contributed by atoms with Crippen LogP contribution in [0.2, 0.25) is 0 Å². The molecule has 3 rings (SSSR count). The maximum atomic E-state index is 15.6. The lowest BCUT2D eigenvalue weighted by Crippen LogP contribution is -2.54. The number of likely N-dealkylation sites (tertiary alicyclic amines) is 1. The zero-order chi connectivity index (χ0) is 26.3. The third-order valence-electron chi connectivity index (χ3n) is 6.07. The molecule has 0 radical (unpaired) electrons. The fourth-order valence-electron chi connectivity index (χ4n) is 4.15. The Kier molecular flexibility index (Phi) is 7.36. The molecule has 11 heteroatoms. The summed E-state index contributed by atoms with van der Waals surface area (Å²) < 4.78 is 85.6. The number of nitrogens with one attached hydrogen (secondary N) is 1. The summed E-state index contributed by atoms with van der Waals surface area (Å²) in [7, 11) is -4.11. The minimum Gasteiger partial charge on any atom is -0.381 e. The van der Waals surface area contributed by atoms with Gasteiger partial charge in [-0.1, -0.05) is 24.3 Å². The highest BCUT2D eigenvalue weighted by Gasteiger charge is 2.58. The van der Waals surface area contributed by atoms with Crippen LogP contribution in [0.25, 0.3) is 11.1 Å². The molecule has 0 spiro atoms. The molecule has 2 atom stereocenters. The normalized spacial score (nSPS) is 20.3. The number of carbonyl (C=O) groups excluding carboxylic acids is 1. The van der Waals surface area contributed by atoms with Crippen LogP contribution < -0.4 is 4.72 Å². The molecule has 192 valence electrons. The van der Waals surface area contributed by atoms with E-state index < -0.39 is 69.9 Å². The molecule has 0 aliphatic carbocycles. The van der Waals surface area contributed by atoms with Gasteiger partial charge in [-0.25, -0.2) is 30.7 Å². The van der Waals surface area contributed by atoms with Gasteiger partial charge >= 0.3 is 0 Å². The average Bonchev–Trinajstić information content (AvgIpc) is 3.00. The van der Waals surface area contributed by atoms with Gasteiger partial charge in [0.05, 0.1) is 18.3 Å². The Hall–Kier alpha value is -2.50. The lowest BCUT2D eigenvalue weighted by atomic mass is 9.94. The fourth-order valence-corrected chi connectivity index (χ4v) is 5.03. The molecule has 0 saturated carbocycles. The molecular weight excluding hydrogens is 488 g/mol. The van der Waals surface area contributed by atoms with Crippen LogP contribution in [0, 0.1) is 18.6 Å². The first-order valence-corrected chi connectivity index (χ1v) is 12.7. The summed E-state index contributed by atoms with van der Waals surface area (Å²) >= 11 is 0. The molecule has 1 amide bonds. The zero-order valence-electron chi connectivity index (χ0n) is 19.8. The lowest BCUT2D eigenvalue weighted by Gasteiger charge is -2.32. The SMILES string of the molecule is CCS(=O)(=O)N[C@@H]1[C@H](Cc2cccc(-c3ccc(F)c(C)c3)c2F)N(C(=O)C(C)(C)O)CC1(F)F. The Balaban J connectivity index is 2.07. The van der Waals surface area contributed by atoms with Crippen LogP contribution >= 0.6 is 0 Å². The second-order valence-electron chi connectivity index (χ2n) is 9.27. The van der Waals surface area contributed by atoms with Gasteiger partial charge in [0, 0.05) is 5.56 Å². The second-order valence-corrected chi connectivity index (χ2v) is 11.3. The first-order chi connectivity index (χ1) is 16.1. The maximum absolute atomic E-state index is 15.6. The van der Waals surface area contributed by atoms with Crippen LogP contribution in [-0.2, 0) is 21.2 Å². The smallest absolute Gasteiger partial charge is 0.283 e. The van der Waals surface area contributed by atoms with Crippen LogP contribution in [0.4, 0.5) is 17.6 Å². The largest absolute Gasteiger partial charge is 0.381 e. The number of hydrogen-bond acceptors (Lipinski definition) is 4. The van der Waals surface area contributed by atoms with E-state index in [-0.39, 0.29) is 11.1 Å². The summed E-state index contributed by atoms with van der Waals surface area (Å²) in [6, 6.07) is 4.80. The first-order valence-electron chi connectivity index (χ1n) is 11.0. The highest BCUT2D eigenvalue weighted by Crippen LogP contribution is 2.37. The Morgan fingerprint density at radius 1 is 1.23 bits per heavy atom. The number of benzene rings is 2. The molecule has 0 aromatic heterocycles. The van der Waals surface area contributed by atoms with E-state index in [0.717, 1.165) is 13.8 Å². The third kappa shape index (κ3) is 5.68. The van der Waals surface area contributed by atoms with E-state index >= 15 is 13.2 Å². The monoisotopic (exact) mass is 516 g/mol. The van der Waals surface area contributed by atoms with Crippen LogP contribution in [-0.4, -0.2) is 60.2 Å². The van der Waals surface area contributed by atoms with Crippen molar-refractivity contribution < 1.29 is 35.9 Å². The van der Waals surface area contributed by atoms with E-state index in [9.17, 15) is 22.7 Å². The molecule has 2 aromatic rings. The molecule has 1 heterocycles. The molecule has 2 aromatic carbocycles. The molecule has 1 aliphatic heterocycles. The Bertz CT molecular complexity index is 1230. The van der Waals surface area contributed by atoms with E-state index in [2.05, 4.69) is 0 Å². The summed E-state index contributed by atoms with van der Waals surface area (Å²) in [6.07, 6.45) is -0.450. The van der Waals surface area contributed by atoms with Gasteiger partial charge in [0.2, 0.25) is 10.0 Å². The Morgan fingerprint density at radius 3 is 2.46 bits per heavy atom. The van der Waals surface area contributed by atoms with Gasteiger partial charge in [-0.3, -0.25) is 4.79 Å². The number of carbonyl (C=O) groups is 1. The zero-order valence-corrected chi connectivity index (χ0v) is 20.6. The Labute approximate surface area is 202 Å².